The monoisotopic (exact) mass is 328 g/mol. The molecule has 3 rings (SSSR count). The number of rotatable bonds is 3. The lowest BCUT2D eigenvalue weighted by atomic mass is 9.86. The van der Waals surface area contributed by atoms with Crippen LogP contribution in [0.25, 0.3) is 16.8 Å². The van der Waals surface area contributed by atoms with Crippen LogP contribution in [0.15, 0.2) is 42.1 Å². The number of methoxy groups -OCH3 is 1. The Morgan fingerprint density at radius 3 is 2.29 bits per heavy atom. The van der Waals surface area contributed by atoms with E-state index in [-0.39, 0.29) is 0 Å². The van der Waals surface area contributed by atoms with Gasteiger partial charge in [-0.25, -0.2) is 4.39 Å². The summed E-state index contributed by atoms with van der Waals surface area (Å²) in [5, 5.41) is 1.94. The van der Waals surface area contributed by atoms with Crippen LogP contribution in [0.2, 0.25) is 0 Å². The maximum absolute atomic E-state index is 14.9. The lowest BCUT2D eigenvalue weighted by Gasteiger charge is -2.32. The Morgan fingerprint density at radius 2 is 1.67 bits per heavy atom. The summed E-state index contributed by atoms with van der Waals surface area (Å²) in [6.45, 7) is 7.61. The maximum Gasteiger partial charge on any atom is 0.525 e. The van der Waals surface area contributed by atoms with Crippen LogP contribution in [0, 0.1) is 0 Å². The van der Waals surface area contributed by atoms with Gasteiger partial charge in [-0.05, 0) is 50.6 Å². The van der Waals surface area contributed by atoms with Crippen LogP contribution in [0.4, 0.5) is 4.39 Å². The molecule has 0 amide bonds. The van der Waals surface area contributed by atoms with E-state index in [2.05, 4.69) is 0 Å². The van der Waals surface area contributed by atoms with Crippen LogP contribution in [0.1, 0.15) is 33.3 Å². The number of halogens is 1. The Morgan fingerprint density at radius 1 is 1.04 bits per heavy atom. The molecule has 1 saturated heterocycles. The van der Waals surface area contributed by atoms with E-state index < -0.39 is 24.0 Å². The van der Waals surface area contributed by atoms with Crippen LogP contribution >= 0.6 is 0 Å². The SMILES string of the molecule is COc1ccc2ccccc2c1C=C(F)B1OC(C)(C)C(C)(C)O1. The lowest BCUT2D eigenvalue weighted by Crippen LogP contribution is -2.41. The van der Waals surface area contributed by atoms with Crippen molar-refractivity contribution in [1.29, 1.82) is 0 Å². The van der Waals surface area contributed by atoms with Gasteiger partial charge in [0.2, 0.25) is 0 Å². The molecule has 0 spiro atoms. The molecule has 1 fully saturated rings. The summed E-state index contributed by atoms with van der Waals surface area (Å²) in [6.07, 6.45) is 1.45. The van der Waals surface area contributed by atoms with Gasteiger partial charge in [0.05, 0.1) is 18.3 Å². The van der Waals surface area contributed by atoms with E-state index >= 15 is 0 Å². The Bertz CT molecular complexity index is 782. The molecule has 126 valence electrons. The van der Waals surface area contributed by atoms with Gasteiger partial charge in [-0.1, -0.05) is 30.3 Å². The molecular weight excluding hydrogens is 306 g/mol. The average Bonchev–Trinajstić information content (AvgIpc) is 2.76. The third-order valence-electron chi connectivity index (χ3n) is 4.91. The highest BCUT2D eigenvalue weighted by Crippen LogP contribution is 2.40. The van der Waals surface area contributed by atoms with Gasteiger partial charge in [0.15, 0.2) is 0 Å². The second-order valence-corrected chi connectivity index (χ2v) is 7.02. The van der Waals surface area contributed by atoms with Crippen molar-refractivity contribution in [2.45, 2.75) is 38.9 Å². The van der Waals surface area contributed by atoms with E-state index in [4.69, 9.17) is 14.0 Å². The first-order chi connectivity index (χ1) is 11.2. The zero-order valence-corrected chi connectivity index (χ0v) is 14.7. The van der Waals surface area contributed by atoms with Crippen molar-refractivity contribution < 1.29 is 18.4 Å². The van der Waals surface area contributed by atoms with Crippen molar-refractivity contribution in [2.75, 3.05) is 7.11 Å². The van der Waals surface area contributed by atoms with Gasteiger partial charge in [0.1, 0.15) is 11.5 Å². The van der Waals surface area contributed by atoms with Gasteiger partial charge < -0.3 is 14.0 Å². The molecule has 0 atom stereocenters. The minimum Gasteiger partial charge on any atom is -0.496 e. The van der Waals surface area contributed by atoms with Crippen LogP contribution in [0.5, 0.6) is 5.75 Å². The Balaban J connectivity index is 2.04. The topological polar surface area (TPSA) is 27.7 Å². The van der Waals surface area contributed by atoms with Crippen LogP contribution in [0.3, 0.4) is 0 Å². The summed E-state index contributed by atoms with van der Waals surface area (Å²) in [7, 11) is 0.562. The molecule has 0 aliphatic carbocycles. The summed E-state index contributed by atoms with van der Waals surface area (Å²) in [6, 6.07) is 11.6. The summed E-state index contributed by atoms with van der Waals surface area (Å²) in [4.78, 5) is 0. The predicted octanol–water partition coefficient (Wildman–Crippen LogP) is 4.79. The van der Waals surface area contributed by atoms with E-state index in [0.717, 1.165) is 10.8 Å². The molecule has 1 aliphatic heterocycles. The molecule has 3 nitrogen and oxygen atoms in total. The standard InChI is InChI=1S/C19H22BFO3/c1-18(2)19(3,4)24-20(23-18)17(21)12-15-14-9-7-6-8-13(14)10-11-16(15)22-5/h6-12H,1-5H3. The molecular formula is C19H22BFO3. The highest BCUT2D eigenvalue weighted by Gasteiger charge is 2.53. The van der Waals surface area contributed by atoms with Crippen molar-refractivity contribution in [3.8, 4) is 5.75 Å². The molecule has 5 heteroatoms. The normalized spacial score (nSPS) is 19.8. The largest absolute Gasteiger partial charge is 0.525 e. The molecule has 24 heavy (non-hydrogen) atoms. The van der Waals surface area contributed by atoms with E-state index in [1.165, 1.54) is 6.08 Å². The molecule has 1 heterocycles. The fraction of sp³-hybridized carbons (Fsp3) is 0.368. The molecule has 1 aliphatic rings. The fourth-order valence-corrected chi connectivity index (χ4v) is 2.76. The zero-order chi connectivity index (χ0) is 17.5. The van der Waals surface area contributed by atoms with Gasteiger partial charge in [-0.15, -0.1) is 0 Å². The molecule has 0 radical (unpaired) electrons. The molecule has 2 aromatic rings. The summed E-state index contributed by atoms with van der Waals surface area (Å²) >= 11 is 0. The number of hydrogen-bond donors (Lipinski definition) is 0. The third kappa shape index (κ3) is 2.83. The molecule has 0 bridgehead atoms. The fourth-order valence-electron chi connectivity index (χ4n) is 2.76. The first kappa shape index (κ1) is 17.0. The van der Waals surface area contributed by atoms with Gasteiger partial charge in [-0.2, -0.15) is 0 Å². The quantitative estimate of drug-likeness (QED) is 0.758. The highest BCUT2D eigenvalue weighted by atomic mass is 19.1. The van der Waals surface area contributed by atoms with Gasteiger partial charge in [0, 0.05) is 5.56 Å². The second kappa shape index (κ2) is 5.90. The number of hydrogen-bond acceptors (Lipinski definition) is 3. The van der Waals surface area contributed by atoms with Gasteiger partial charge >= 0.3 is 7.12 Å². The van der Waals surface area contributed by atoms with E-state index in [1.54, 1.807) is 7.11 Å². The van der Waals surface area contributed by atoms with Crippen molar-refractivity contribution in [3.63, 3.8) is 0 Å². The lowest BCUT2D eigenvalue weighted by molar-refractivity contribution is 0.00578. The average molecular weight is 328 g/mol. The first-order valence-corrected chi connectivity index (χ1v) is 8.04. The molecule has 0 unspecified atom stereocenters. The molecule has 0 aromatic heterocycles. The van der Waals surface area contributed by atoms with Crippen LogP contribution in [-0.4, -0.2) is 25.4 Å². The van der Waals surface area contributed by atoms with Crippen molar-refractivity contribution in [3.05, 3.63) is 47.7 Å². The van der Waals surface area contributed by atoms with Crippen LogP contribution < -0.4 is 4.74 Å². The molecule has 0 N–H and O–H groups in total. The van der Waals surface area contributed by atoms with Gasteiger partial charge in [-0.3, -0.25) is 0 Å². The second-order valence-electron chi connectivity index (χ2n) is 7.02. The van der Waals surface area contributed by atoms with Crippen molar-refractivity contribution in [1.82, 2.24) is 0 Å². The minimum absolute atomic E-state index is 0.469. The summed E-state index contributed by atoms with van der Waals surface area (Å²) < 4.78 is 31.8. The minimum atomic E-state index is -1.02. The van der Waals surface area contributed by atoms with E-state index in [1.807, 2.05) is 64.1 Å². The molecule has 0 saturated carbocycles. The Labute approximate surface area is 142 Å². The number of benzene rings is 2. The number of ether oxygens (including phenoxy) is 1. The summed E-state index contributed by atoms with van der Waals surface area (Å²) in [5.74, 6) is 0.611. The van der Waals surface area contributed by atoms with Crippen LogP contribution in [-0.2, 0) is 9.31 Å². The van der Waals surface area contributed by atoms with Crippen molar-refractivity contribution in [2.24, 2.45) is 0 Å². The zero-order valence-electron chi connectivity index (χ0n) is 14.7. The Kier molecular flexibility index (Phi) is 4.18. The highest BCUT2D eigenvalue weighted by molar-refractivity contribution is 6.54. The van der Waals surface area contributed by atoms with Gasteiger partial charge in [0.25, 0.3) is 0 Å². The van der Waals surface area contributed by atoms with Crippen molar-refractivity contribution >= 4 is 24.0 Å². The predicted molar refractivity (Wildman–Crippen MR) is 95.7 cm³/mol. The third-order valence-corrected chi connectivity index (χ3v) is 4.91. The summed E-state index contributed by atoms with van der Waals surface area (Å²) in [5.41, 5.74) is -0.941. The Hall–Kier alpha value is -1.85. The first-order valence-electron chi connectivity index (χ1n) is 8.04. The maximum atomic E-state index is 14.9. The molecule has 2 aromatic carbocycles. The van der Waals surface area contributed by atoms with E-state index in [9.17, 15) is 4.39 Å². The smallest absolute Gasteiger partial charge is 0.496 e. The van der Waals surface area contributed by atoms with E-state index in [0.29, 0.717) is 11.3 Å². The number of fused-ring (bicyclic) bond motifs is 1.